The average molecular weight is 327 g/mol. The molecule has 24 heavy (non-hydrogen) atoms. The van der Waals surface area contributed by atoms with Crippen molar-refractivity contribution in [2.24, 2.45) is 0 Å². The molecular weight excluding hydrogens is 302 g/mol. The van der Waals surface area contributed by atoms with E-state index in [0.29, 0.717) is 13.1 Å². The van der Waals surface area contributed by atoms with Gasteiger partial charge in [0.05, 0.1) is 0 Å². The molecule has 5 nitrogen and oxygen atoms in total. The highest BCUT2D eigenvalue weighted by Crippen LogP contribution is 2.17. The van der Waals surface area contributed by atoms with Crippen molar-refractivity contribution in [1.29, 1.82) is 0 Å². The van der Waals surface area contributed by atoms with E-state index in [2.05, 4.69) is 28.1 Å². The number of ether oxygens (including phenoxy) is 1. The molecule has 3 rings (SSSR count). The Morgan fingerprint density at radius 2 is 1.88 bits per heavy atom. The third kappa shape index (κ3) is 4.23. The van der Waals surface area contributed by atoms with Gasteiger partial charge >= 0.3 is 6.09 Å². The molecule has 1 saturated heterocycles. The van der Waals surface area contributed by atoms with Crippen LogP contribution in [0, 0.1) is 0 Å². The third-order valence-electron chi connectivity index (χ3n) is 4.14. The first kappa shape index (κ1) is 16.7. The summed E-state index contributed by atoms with van der Waals surface area (Å²) in [4.78, 5) is 20.4. The van der Waals surface area contributed by atoms with Crippen LogP contribution in [-0.4, -0.2) is 52.7 Å². The molecule has 1 aromatic heterocycles. The second-order valence-electron chi connectivity index (χ2n) is 7.30. The van der Waals surface area contributed by atoms with Gasteiger partial charge in [-0.15, -0.1) is 0 Å². The standard InChI is InChI=1S/C19H25N3O2/c1-19(2,3)24-18(23)22-10-8-21(9-11-22)14-15-4-5-17-13-20-7-6-16(17)12-15/h4-7,12-13H,8-11,14H2,1-3H3. The van der Waals surface area contributed by atoms with E-state index in [1.54, 1.807) is 4.90 Å². The minimum atomic E-state index is -0.436. The van der Waals surface area contributed by atoms with Gasteiger partial charge in [0.25, 0.3) is 0 Å². The Balaban J connectivity index is 1.55. The van der Waals surface area contributed by atoms with Crippen molar-refractivity contribution >= 4 is 16.9 Å². The number of hydrogen-bond donors (Lipinski definition) is 0. The van der Waals surface area contributed by atoms with Gasteiger partial charge < -0.3 is 9.64 Å². The number of pyridine rings is 1. The van der Waals surface area contributed by atoms with E-state index in [-0.39, 0.29) is 6.09 Å². The summed E-state index contributed by atoms with van der Waals surface area (Å²) < 4.78 is 5.44. The number of benzene rings is 1. The van der Waals surface area contributed by atoms with E-state index in [9.17, 15) is 4.79 Å². The van der Waals surface area contributed by atoms with Crippen LogP contribution in [0.3, 0.4) is 0 Å². The molecule has 0 spiro atoms. The molecule has 128 valence electrons. The molecule has 2 aromatic rings. The first-order valence-corrected chi connectivity index (χ1v) is 8.44. The monoisotopic (exact) mass is 327 g/mol. The molecule has 1 aliphatic rings. The van der Waals surface area contributed by atoms with Crippen molar-refractivity contribution in [1.82, 2.24) is 14.8 Å². The molecule has 2 heterocycles. The number of nitrogens with zero attached hydrogens (tertiary/aromatic N) is 3. The molecular formula is C19H25N3O2. The van der Waals surface area contributed by atoms with Gasteiger partial charge in [-0.1, -0.05) is 12.1 Å². The average Bonchev–Trinajstić information content (AvgIpc) is 2.54. The Kier molecular flexibility index (Phi) is 4.71. The Bertz CT molecular complexity index is 716. The van der Waals surface area contributed by atoms with Gasteiger partial charge in [0.2, 0.25) is 0 Å². The van der Waals surface area contributed by atoms with Crippen LogP contribution in [0.15, 0.2) is 36.7 Å². The molecule has 0 saturated carbocycles. The number of aromatic nitrogens is 1. The van der Waals surface area contributed by atoms with Gasteiger partial charge in [0.15, 0.2) is 0 Å². The molecule has 1 fully saturated rings. The second-order valence-corrected chi connectivity index (χ2v) is 7.30. The highest BCUT2D eigenvalue weighted by Gasteiger charge is 2.25. The molecule has 5 heteroatoms. The lowest BCUT2D eigenvalue weighted by atomic mass is 10.1. The van der Waals surface area contributed by atoms with Gasteiger partial charge in [0.1, 0.15) is 5.60 Å². The molecule has 0 N–H and O–H groups in total. The van der Waals surface area contributed by atoms with E-state index in [1.807, 2.05) is 39.2 Å². The summed E-state index contributed by atoms with van der Waals surface area (Å²) in [6.45, 7) is 9.77. The van der Waals surface area contributed by atoms with Gasteiger partial charge in [-0.05, 0) is 43.9 Å². The fourth-order valence-corrected chi connectivity index (χ4v) is 2.90. The predicted molar refractivity (Wildman–Crippen MR) is 94.8 cm³/mol. The topological polar surface area (TPSA) is 45.7 Å². The van der Waals surface area contributed by atoms with Gasteiger partial charge in [-0.25, -0.2) is 4.79 Å². The first-order chi connectivity index (χ1) is 11.4. The molecule has 1 aromatic carbocycles. The summed E-state index contributed by atoms with van der Waals surface area (Å²) in [5.41, 5.74) is 0.855. The van der Waals surface area contributed by atoms with Crippen LogP contribution >= 0.6 is 0 Å². The predicted octanol–water partition coefficient (Wildman–Crippen LogP) is 3.29. The summed E-state index contributed by atoms with van der Waals surface area (Å²) in [5, 5.41) is 2.38. The lowest BCUT2D eigenvalue weighted by molar-refractivity contribution is 0.0139. The largest absolute Gasteiger partial charge is 0.444 e. The van der Waals surface area contributed by atoms with Crippen LogP contribution in [0.4, 0.5) is 4.79 Å². The molecule has 0 aliphatic carbocycles. The first-order valence-electron chi connectivity index (χ1n) is 8.44. The summed E-state index contributed by atoms with van der Waals surface area (Å²) in [5.74, 6) is 0. The zero-order chi connectivity index (χ0) is 17.2. The maximum Gasteiger partial charge on any atom is 0.410 e. The lowest BCUT2D eigenvalue weighted by Gasteiger charge is -2.35. The number of carbonyl (C=O) groups excluding carboxylic acids is 1. The molecule has 0 unspecified atom stereocenters. The normalized spacial score (nSPS) is 16.4. The van der Waals surface area contributed by atoms with E-state index in [4.69, 9.17) is 4.74 Å². The van der Waals surface area contributed by atoms with Crippen LogP contribution in [0.2, 0.25) is 0 Å². The second kappa shape index (κ2) is 6.77. The lowest BCUT2D eigenvalue weighted by Crippen LogP contribution is -2.49. The molecule has 1 aliphatic heterocycles. The van der Waals surface area contributed by atoms with Crippen molar-refractivity contribution in [2.75, 3.05) is 26.2 Å². The van der Waals surface area contributed by atoms with E-state index < -0.39 is 5.60 Å². The summed E-state index contributed by atoms with van der Waals surface area (Å²) in [6, 6.07) is 8.54. The highest BCUT2D eigenvalue weighted by molar-refractivity contribution is 5.81. The number of fused-ring (bicyclic) bond motifs is 1. The number of amides is 1. The smallest absolute Gasteiger partial charge is 0.410 e. The molecule has 0 atom stereocenters. The van der Waals surface area contributed by atoms with E-state index in [0.717, 1.165) is 25.0 Å². The summed E-state index contributed by atoms with van der Waals surface area (Å²) in [7, 11) is 0. The van der Waals surface area contributed by atoms with Crippen LogP contribution in [0.5, 0.6) is 0 Å². The van der Waals surface area contributed by atoms with Crippen molar-refractivity contribution in [3.8, 4) is 0 Å². The van der Waals surface area contributed by atoms with Crippen LogP contribution in [0.25, 0.3) is 10.8 Å². The molecule has 1 amide bonds. The number of piperazine rings is 1. The van der Waals surface area contributed by atoms with E-state index in [1.165, 1.54) is 10.9 Å². The Labute approximate surface area is 143 Å². The third-order valence-corrected chi connectivity index (χ3v) is 4.14. The van der Waals surface area contributed by atoms with Crippen molar-refractivity contribution in [2.45, 2.75) is 32.9 Å². The van der Waals surface area contributed by atoms with Crippen LogP contribution in [-0.2, 0) is 11.3 Å². The van der Waals surface area contributed by atoms with Crippen molar-refractivity contribution < 1.29 is 9.53 Å². The molecule has 0 bridgehead atoms. The van der Waals surface area contributed by atoms with Crippen LogP contribution < -0.4 is 0 Å². The zero-order valence-electron chi connectivity index (χ0n) is 14.7. The van der Waals surface area contributed by atoms with Gasteiger partial charge in [0, 0.05) is 50.5 Å². The Morgan fingerprint density at radius 1 is 1.12 bits per heavy atom. The number of rotatable bonds is 2. The number of carbonyl (C=O) groups is 1. The number of hydrogen-bond acceptors (Lipinski definition) is 4. The zero-order valence-corrected chi connectivity index (χ0v) is 14.7. The maximum absolute atomic E-state index is 12.1. The van der Waals surface area contributed by atoms with Gasteiger partial charge in [-0.3, -0.25) is 9.88 Å². The van der Waals surface area contributed by atoms with Crippen molar-refractivity contribution in [3.05, 3.63) is 42.2 Å². The quantitative estimate of drug-likeness (QED) is 0.849. The SMILES string of the molecule is CC(C)(C)OC(=O)N1CCN(Cc2ccc3cnccc3c2)CC1. The fraction of sp³-hybridized carbons (Fsp3) is 0.474. The highest BCUT2D eigenvalue weighted by atomic mass is 16.6. The molecule has 0 radical (unpaired) electrons. The fourth-order valence-electron chi connectivity index (χ4n) is 2.90. The maximum atomic E-state index is 12.1. The van der Waals surface area contributed by atoms with Gasteiger partial charge in [-0.2, -0.15) is 0 Å². The summed E-state index contributed by atoms with van der Waals surface area (Å²) in [6.07, 6.45) is 3.50. The minimum absolute atomic E-state index is 0.208. The minimum Gasteiger partial charge on any atom is -0.444 e. The summed E-state index contributed by atoms with van der Waals surface area (Å²) >= 11 is 0. The Hall–Kier alpha value is -2.14. The van der Waals surface area contributed by atoms with Crippen molar-refractivity contribution in [3.63, 3.8) is 0 Å². The Morgan fingerprint density at radius 3 is 2.58 bits per heavy atom. The van der Waals surface area contributed by atoms with E-state index >= 15 is 0 Å². The van der Waals surface area contributed by atoms with Crippen LogP contribution in [0.1, 0.15) is 26.3 Å².